The minimum Gasteiger partial charge on any atom is -0.355 e. The summed E-state index contributed by atoms with van der Waals surface area (Å²) in [4.78, 5) is 26.6. The molecule has 0 bridgehead atoms. The van der Waals surface area contributed by atoms with Gasteiger partial charge in [-0.15, -0.1) is 0 Å². The van der Waals surface area contributed by atoms with Gasteiger partial charge in [0.15, 0.2) is 0 Å². The molecule has 25 heavy (non-hydrogen) atoms. The molecule has 1 aromatic heterocycles. The molecular formula is C18H23N5O2. The Hall–Kier alpha value is -2.67. The monoisotopic (exact) mass is 341 g/mol. The van der Waals surface area contributed by atoms with Crippen LogP contribution in [0, 0.1) is 5.92 Å². The SMILES string of the molecule is NCCNC(=O)C1CCCN(C(=O)c2ccc(-n3cccn3)cc2)C1. The summed E-state index contributed by atoms with van der Waals surface area (Å²) in [6.07, 6.45) is 5.20. The van der Waals surface area contributed by atoms with Crippen LogP contribution in [0.15, 0.2) is 42.7 Å². The van der Waals surface area contributed by atoms with Gasteiger partial charge in [-0.3, -0.25) is 9.59 Å². The van der Waals surface area contributed by atoms with Crippen molar-refractivity contribution >= 4 is 11.8 Å². The molecule has 1 aliphatic rings. The average Bonchev–Trinajstić information content (AvgIpc) is 3.20. The van der Waals surface area contributed by atoms with E-state index in [1.807, 2.05) is 24.4 Å². The lowest BCUT2D eigenvalue weighted by Crippen LogP contribution is -2.46. The number of benzene rings is 1. The Morgan fingerprint density at radius 1 is 1.28 bits per heavy atom. The van der Waals surface area contributed by atoms with E-state index in [0.717, 1.165) is 18.5 Å². The second-order valence-corrected chi connectivity index (χ2v) is 6.17. The Morgan fingerprint density at radius 2 is 2.08 bits per heavy atom. The second kappa shape index (κ2) is 7.94. The Balaban J connectivity index is 1.65. The van der Waals surface area contributed by atoms with Gasteiger partial charge in [-0.2, -0.15) is 5.10 Å². The van der Waals surface area contributed by atoms with Crippen molar-refractivity contribution in [2.24, 2.45) is 11.7 Å². The van der Waals surface area contributed by atoms with Gasteiger partial charge in [0.1, 0.15) is 0 Å². The molecular weight excluding hydrogens is 318 g/mol. The first-order valence-corrected chi connectivity index (χ1v) is 8.56. The van der Waals surface area contributed by atoms with E-state index in [1.165, 1.54) is 0 Å². The molecule has 3 rings (SSSR count). The van der Waals surface area contributed by atoms with Gasteiger partial charge in [0, 0.05) is 44.1 Å². The second-order valence-electron chi connectivity index (χ2n) is 6.17. The molecule has 0 spiro atoms. The lowest BCUT2D eigenvalue weighted by atomic mass is 9.96. The van der Waals surface area contributed by atoms with Crippen LogP contribution in [0.4, 0.5) is 0 Å². The molecule has 3 N–H and O–H groups in total. The number of amides is 2. The summed E-state index contributed by atoms with van der Waals surface area (Å²) in [6, 6.07) is 9.20. The zero-order chi connectivity index (χ0) is 17.6. The van der Waals surface area contributed by atoms with E-state index in [4.69, 9.17) is 5.73 Å². The van der Waals surface area contributed by atoms with E-state index in [0.29, 0.717) is 31.7 Å². The summed E-state index contributed by atoms with van der Waals surface area (Å²) in [5.41, 5.74) is 6.95. The van der Waals surface area contributed by atoms with Crippen LogP contribution in [0.2, 0.25) is 0 Å². The van der Waals surface area contributed by atoms with Crippen LogP contribution in [0.3, 0.4) is 0 Å². The number of carbonyl (C=O) groups is 2. The van der Waals surface area contributed by atoms with Gasteiger partial charge in [0.05, 0.1) is 11.6 Å². The van der Waals surface area contributed by atoms with E-state index in [9.17, 15) is 9.59 Å². The molecule has 0 radical (unpaired) electrons. The van der Waals surface area contributed by atoms with Crippen molar-refractivity contribution in [3.05, 3.63) is 48.3 Å². The first kappa shape index (κ1) is 17.2. The lowest BCUT2D eigenvalue weighted by Gasteiger charge is -2.32. The standard InChI is InChI=1S/C18H23N5O2/c19-8-10-20-17(24)15-3-1-11-22(13-15)18(25)14-4-6-16(7-5-14)23-12-2-9-21-23/h2,4-7,9,12,15H,1,3,8,10-11,13,19H2,(H,20,24). The van der Waals surface area contributed by atoms with E-state index in [2.05, 4.69) is 10.4 Å². The topological polar surface area (TPSA) is 93.3 Å². The van der Waals surface area contributed by atoms with E-state index in [-0.39, 0.29) is 17.7 Å². The summed E-state index contributed by atoms with van der Waals surface area (Å²) in [5, 5.41) is 6.99. The fourth-order valence-electron chi connectivity index (χ4n) is 3.08. The largest absolute Gasteiger partial charge is 0.355 e. The molecule has 132 valence electrons. The number of nitrogens with two attached hydrogens (primary N) is 1. The first-order chi connectivity index (χ1) is 12.2. The number of hydrogen-bond acceptors (Lipinski definition) is 4. The zero-order valence-electron chi connectivity index (χ0n) is 14.1. The highest BCUT2D eigenvalue weighted by Crippen LogP contribution is 2.19. The van der Waals surface area contributed by atoms with Gasteiger partial charge in [-0.1, -0.05) is 0 Å². The normalized spacial score (nSPS) is 17.3. The number of nitrogens with one attached hydrogen (secondary N) is 1. The number of aromatic nitrogens is 2. The maximum Gasteiger partial charge on any atom is 0.253 e. The van der Waals surface area contributed by atoms with Crippen molar-refractivity contribution in [1.29, 1.82) is 0 Å². The van der Waals surface area contributed by atoms with Crippen molar-refractivity contribution in [2.75, 3.05) is 26.2 Å². The molecule has 2 heterocycles. The maximum atomic E-state index is 12.7. The van der Waals surface area contributed by atoms with E-state index in [1.54, 1.807) is 27.9 Å². The molecule has 7 heteroatoms. The minimum atomic E-state index is -0.160. The quantitative estimate of drug-likeness (QED) is 0.841. The van der Waals surface area contributed by atoms with Crippen LogP contribution >= 0.6 is 0 Å². The third-order valence-corrected chi connectivity index (χ3v) is 4.41. The highest BCUT2D eigenvalue weighted by atomic mass is 16.2. The van der Waals surface area contributed by atoms with Gasteiger partial charge in [0.2, 0.25) is 5.91 Å². The van der Waals surface area contributed by atoms with E-state index < -0.39 is 0 Å². The molecule has 1 aromatic carbocycles. The number of piperidine rings is 1. The summed E-state index contributed by atoms with van der Waals surface area (Å²) in [7, 11) is 0. The van der Waals surface area contributed by atoms with E-state index >= 15 is 0 Å². The van der Waals surface area contributed by atoms with Crippen LogP contribution in [-0.4, -0.2) is 52.7 Å². The molecule has 0 saturated carbocycles. The molecule has 2 amide bonds. The average molecular weight is 341 g/mol. The van der Waals surface area contributed by atoms with Crippen LogP contribution in [-0.2, 0) is 4.79 Å². The molecule has 1 unspecified atom stereocenters. The Bertz CT molecular complexity index is 712. The predicted molar refractivity (Wildman–Crippen MR) is 94.3 cm³/mol. The van der Waals surface area contributed by atoms with Crippen LogP contribution < -0.4 is 11.1 Å². The van der Waals surface area contributed by atoms with Crippen molar-refractivity contribution in [3.8, 4) is 5.69 Å². The first-order valence-electron chi connectivity index (χ1n) is 8.56. The van der Waals surface area contributed by atoms with Gasteiger partial charge >= 0.3 is 0 Å². The molecule has 1 atom stereocenters. The van der Waals surface area contributed by atoms with Crippen molar-refractivity contribution in [1.82, 2.24) is 20.0 Å². The Labute approximate surface area is 146 Å². The molecule has 1 fully saturated rings. The zero-order valence-corrected chi connectivity index (χ0v) is 14.1. The molecule has 2 aromatic rings. The third-order valence-electron chi connectivity index (χ3n) is 4.41. The Kier molecular flexibility index (Phi) is 5.45. The minimum absolute atomic E-state index is 0.0167. The maximum absolute atomic E-state index is 12.7. The third kappa shape index (κ3) is 4.06. The summed E-state index contributed by atoms with van der Waals surface area (Å²) >= 11 is 0. The van der Waals surface area contributed by atoms with Crippen molar-refractivity contribution < 1.29 is 9.59 Å². The fourth-order valence-corrected chi connectivity index (χ4v) is 3.08. The predicted octanol–water partition coefficient (Wildman–Crippen LogP) is 0.799. The Morgan fingerprint density at radius 3 is 2.76 bits per heavy atom. The van der Waals surface area contributed by atoms with Crippen molar-refractivity contribution in [3.63, 3.8) is 0 Å². The summed E-state index contributed by atoms with van der Waals surface area (Å²) in [6.45, 7) is 2.03. The fraction of sp³-hybridized carbons (Fsp3) is 0.389. The number of rotatable bonds is 5. The smallest absolute Gasteiger partial charge is 0.253 e. The number of nitrogens with zero attached hydrogens (tertiary/aromatic N) is 3. The van der Waals surface area contributed by atoms with Crippen LogP contribution in [0.25, 0.3) is 5.69 Å². The van der Waals surface area contributed by atoms with Crippen molar-refractivity contribution in [2.45, 2.75) is 12.8 Å². The number of carbonyl (C=O) groups excluding carboxylic acids is 2. The summed E-state index contributed by atoms with van der Waals surface area (Å²) in [5.74, 6) is -0.215. The van der Waals surface area contributed by atoms with Gasteiger partial charge in [-0.25, -0.2) is 4.68 Å². The van der Waals surface area contributed by atoms with Gasteiger partial charge < -0.3 is 16.0 Å². The number of hydrogen-bond donors (Lipinski definition) is 2. The van der Waals surface area contributed by atoms with Gasteiger partial charge in [-0.05, 0) is 43.2 Å². The highest BCUT2D eigenvalue weighted by molar-refractivity contribution is 5.95. The van der Waals surface area contributed by atoms with Crippen LogP contribution in [0.5, 0.6) is 0 Å². The number of likely N-dealkylation sites (tertiary alicyclic amines) is 1. The molecule has 0 aliphatic carbocycles. The van der Waals surface area contributed by atoms with Crippen LogP contribution in [0.1, 0.15) is 23.2 Å². The molecule has 1 aliphatic heterocycles. The molecule has 1 saturated heterocycles. The molecule has 7 nitrogen and oxygen atoms in total. The summed E-state index contributed by atoms with van der Waals surface area (Å²) < 4.78 is 1.74. The highest BCUT2D eigenvalue weighted by Gasteiger charge is 2.28. The van der Waals surface area contributed by atoms with Gasteiger partial charge in [0.25, 0.3) is 5.91 Å². The lowest BCUT2D eigenvalue weighted by molar-refractivity contribution is -0.126.